The summed E-state index contributed by atoms with van der Waals surface area (Å²) in [6, 6.07) is 9.89. The third-order valence-corrected chi connectivity index (χ3v) is 7.18. The van der Waals surface area contributed by atoms with E-state index in [1.54, 1.807) is 57.4 Å². The van der Waals surface area contributed by atoms with E-state index in [9.17, 15) is 9.59 Å². The van der Waals surface area contributed by atoms with Crippen molar-refractivity contribution in [1.29, 1.82) is 0 Å². The molecule has 4 rings (SSSR count). The standard InChI is InChI=1S/C31H32N2O7S/c1-8-15-39-28-21(11-10-12-23(28)36-6)17-25-29(34)33-27(20-13-14-22(40-18(3)4)24(16-20)37-7)26(30(35)38-9-2)19(5)32-31(33)41-25/h1,10-14,16-18,27H,9,15H2,2-7H3/b25-17+/t27-/m0/s1. The number of ether oxygens (including phenoxy) is 5. The van der Waals surface area contributed by atoms with Crippen LogP contribution in [0.15, 0.2) is 57.5 Å². The third-order valence-electron chi connectivity index (χ3n) is 6.20. The first-order valence-electron chi connectivity index (χ1n) is 13.0. The molecule has 3 aromatic rings. The zero-order valence-corrected chi connectivity index (χ0v) is 24.7. The van der Waals surface area contributed by atoms with Crippen LogP contribution in [-0.2, 0) is 9.53 Å². The number of benzene rings is 2. The lowest BCUT2D eigenvalue weighted by Crippen LogP contribution is -2.40. The molecule has 1 aliphatic rings. The highest BCUT2D eigenvalue weighted by Gasteiger charge is 2.34. The topological polar surface area (TPSA) is 97.6 Å². The molecule has 2 aromatic carbocycles. The summed E-state index contributed by atoms with van der Waals surface area (Å²) in [7, 11) is 3.07. The van der Waals surface area contributed by atoms with Crippen molar-refractivity contribution in [2.24, 2.45) is 4.99 Å². The predicted molar refractivity (Wildman–Crippen MR) is 156 cm³/mol. The molecule has 214 valence electrons. The van der Waals surface area contributed by atoms with E-state index >= 15 is 0 Å². The summed E-state index contributed by atoms with van der Waals surface area (Å²) in [5, 5.41) is 0. The highest BCUT2D eigenvalue weighted by molar-refractivity contribution is 7.07. The Morgan fingerprint density at radius 2 is 1.93 bits per heavy atom. The summed E-state index contributed by atoms with van der Waals surface area (Å²) in [6.07, 6.45) is 7.04. The number of para-hydroxylation sites is 1. The number of fused-ring (bicyclic) bond motifs is 1. The Morgan fingerprint density at radius 3 is 2.59 bits per heavy atom. The van der Waals surface area contributed by atoms with Gasteiger partial charge in [-0.25, -0.2) is 9.79 Å². The molecule has 0 N–H and O–H groups in total. The fraction of sp³-hybridized carbons (Fsp3) is 0.323. The second-order valence-corrected chi connectivity index (χ2v) is 10.3. The molecule has 10 heteroatoms. The number of rotatable bonds is 10. The minimum Gasteiger partial charge on any atom is -0.493 e. The maximum atomic E-state index is 14.0. The van der Waals surface area contributed by atoms with Gasteiger partial charge in [0.2, 0.25) is 0 Å². The van der Waals surface area contributed by atoms with Gasteiger partial charge in [0.25, 0.3) is 5.56 Å². The van der Waals surface area contributed by atoms with E-state index in [1.165, 1.54) is 23.0 Å². The van der Waals surface area contributed by atoms with Gasteiger partial charge in [0.1, 0.15) is 6.61 Å². The third kappa shape index (κ3) is 6.00. The van der Waals surface area contributed by atoms with Gasteiger partial charge in [0.05, 0.1) is 48.8 Å². The summed E-state index contributed by atoms with van der Waals surface area (Å²) in [5.74, 6) is 3.83. The Labute approximate surface area is 242 Å². The number of nitrogens with zero attached hydrogens (tertiary/aromatic N) is 2. The van der Waals surface area contributed by atoms with Crippen LogP contribution in [0.4, 0.5) is 0 Å². The lowest BCUT2D eigenvalue weighted by atomic mass is 9.95. The monoisotopic (exact) mass is 576 g/mol. The minimum atomic E-state index is -0.808. The van der Waals surface area contributed by atoms with Crippen LogP contribution in [-0.4, -0.2) is 44.1 Å². The fourth-order valence-electron chi connectivity index (χ4n) is 4.53. The number of aromatic nitrogens is 1. The maximum Gasteiger partial charge on any atom is 0.338 e. The number of carbonyl (C=O) groups is 1. The lowest BCUT2D eigenvalue weighted by molar-refractivity contribution is -0.139. The van der Waals surface area contributed by atoms with Gasteiger partial charge in [-0.2, -0.15) is 0 Å². The van der Waals surface area contributed by atoms with E-state index in [4.69, 9.17) is 30.1 Å². The summed E-state index contributed by atoms with van der Waals surface area (Å²) >= 11 is 1.20. The van der Waals surface area contributed by atoms with E-state index in [2.05, 4.69) is 10.9 Å². The van der Waals surface area contributed by atoms with E-state index in [-0.39, 0.29) is 30.5 Å². The van der Waals surface area contributed by atoms with Crippen LogP contribution in [0.3, 0.4) is 0 Å². The second kappa shape index (κ2) is 12.8. The molecular weight excluding hydrogens is 544 g/mol. The largest absolute Gasteiger partial charge is 0.493 e. The highest BCUT2D eigenvalue weighted by Crippen LogP contribution is 2.37. The van der Waals surface area contributed by atoms with Crippen LogP contribution in [0, 0.1) is 12.3 Å². The molecule has 0 unspecified atom stereocenters. The van der Waals surface area contributed by atoms with Crippen molar-refractivity contribution in [2.75, 3.05) is 27.4 Å². The van der Waals surface area contributed by atoms with E-state index in [1.807, 2.05) is 19.9 Å². The minimum absolute atomic E-state index is 0.0307. The number of allylic oxidation sites excluding steroid dienone is 1. The molecule has 0 spiro atoms. The smallest absolute Gasteiger partial charge is 0.338 e. The molecule has 0 amide bonds. The van der Waals surface area contributed by atoms with E-state index in [0.717, 1.165) is 0 Å². The molecule has 1 atom stereocenters. The number of hydrogen-bond acceptors (Lipinski definition) is 9. The van der Waals surface area contributed by atoms with Crippen LogP contribution < -0.4 is 33.8 Å². The molecule has 0 saturated carbocycles. The summed E-state index contributed by atoms with van der Waals surface area (Å²) < 4.78 is 30.0. The van der Waals surface area contributed by atoms with Crippen molar-refractivity contribution in [3.05, 3.63) is 78.5 Å². The first kappa shape index (κ1) is 29.5. The number of esters is 1. The molecule has 0 fully saturated rings. The number of terminal acetylenes is 1. The van der Waals surface area contributed by atoms with Crippen molar-refractivity contribution in [2.45, 2.75) is 39.8 Å². The van der Waals surface area contributed by atoms with Gasteiger partial charge in [0, 0.05) is 5.56 Å². The number of carbonyl (C=O) groups excluding carboxylic acids is 1. The van der Waals surface area contributed by atoms with E-state index < -0.39 is 12.0 Å². The number of methoxy groups -OCH3 is 2. The van der Waals surface area contributed by atoms with Crippen molar-refractivity contribution >= 4 is 23.4 Å². The summed E-state index contributed by atoms with van der Waals surface area (Å²) in [5.41, 5.74) is 1.65. The van der Waals surface area contributed by atoms with E-state index in [0.29, 0.717) is 49.2 Å². The normalized spacial score (nSPS) is 14.7. The van der Waals surface area contributed by atoms with Gasteiger partial charge in [-0.15, -0.1) is 6.42 Å². The molecule has 0 aliphatic carbocycles. The Hall–Kier alpha value is -4.49. The first-order chi connectivity index (χ1) is 19.7. The fourth-order valence-corrected chi connectivity index (χ4v) is 5.57. The number of hydrogen-bond donors (Lipinski definition) is 0. The predicted octanol–water partition coefficient (Wildman–Crippen LogP) is 3.61. The molecule has 1 aromatic heterocycles. The molecule has 41 heavy (non-hydrogen) atoms. The molecule has 1 aliphatic heterocycles. The molecule has 0 radical (unpaired) electrons. The van der Waals surface area contributed by atoms with Crippen molar-refractivity contribution in [3.8, 4) is 35.3 Å². The van der Waals surface area contributed by atoms with Crippen LogP contribution in [0.25, 0.3) is 6.08 Å². The van der Waals surface area contributed by atoms with Gasteiger partial charge >= 0.3 is 5.97 Å². The van der Waals surface area contributed by atoms with Crippen LogP contribution >= 0.6 is 11.3 Å². The Kier molecular flexibility index (Phi) is 9.20. The lowest BCUT2D eigenvalue weighted by Gasteiger charge is -2.25. The quantitative estimate of drug-likeness (QED) is 0.269. The van der Waals surface area contributed by atoms with Gasteiger partial charge in [-0.1, -0.05) is 35.5 Å². The van der Waals surface area contributed by atoms with Gasteiger partial charge < -0.3 is 23.7 Å². The van der Waals surface area contributed by atoms with Gasteiger partial charge in [-0.05, 0) is 57.5 Å². The van der Waals surface area contributed by atoms with Crippen LogP contribution in [0.2, 0.25) is 0 Å². The van der Waals surface area contributed by atoms with Crippen LogP contribution in [0.1, 0.15) is 44.9 Å². The summed E-state index contributed by atoms with van der Waals surface area (Å²) in [4.78, 5) is 32.3. The molecular formula is C31H32N2O7S. The Balaban J connectivity index is 1.96. The molecule has 0 saturated heterocycles. The average Bonchev–Trinajstić information content (AvgIpc) is 3.25. The SMILES string of the molecule is C#CCOc1c(/C=c2/sc3n(c2=O)[C@@H](c2ccc(OC(C)C)c(OC)c2)C(C(=O)OCC)=C(C)N=3)cccc1OC. The van der Waals surface area contributed by atoms with Crippen molar-refractivity contribution in [1.82, 2.24) is 4.57 Å². The second-order valence-electron chi connectivity index (χ2n) is 9.25. The highest BCUT2D eigenvalue weighted by atomic mass is 32.1. The zero-order valence-electron chi connectivity index (χ0n) is 23.8. The average molecular weight is 577 g/mol. The molecule has 9 nitrogen and oxygen atoms in total. The Bertz CT molecular complexity index is 1710. The Morgan fingerprint density at radius 1 is 1.17 bits per heavy atom. The van der Waals surface area contributed by atoms with Gasteiger partial charge in [0.15, 0.2) is 27.8 Å². The van der Waals surface area contributed by atoms with Crippen molar-refractivity contribution < 1.29 is 28.5 Å². The number of thiazole rings is 1. The van der Waals surface area contributed by atoms with Gasteiger partial charge in [-0.3, -0.25) is 9.36 Å². The van der Waals surface area contributed by atoms with Crippen LogP contribution in [0.5, 0.6) is 23.0 Å². The first-order valence-corrected chi connectivity index (χ1v) is 13.8. The van der Waals surface area contributed by atoms with Crippen molar-refractivity contribution in [3.63, 3.8) is 0 Å². The molecule has 2 heterocycles. The zero-order chi connectivity index (χ0) is 29.7. The molecule has 0 bridgehead atoms. The maximum absolute atomic E-state index is 14.0. The summed E-state index contributed by atoms with van der Waals surface area (Å²) in [6.45, 7) is 7.50.